The summed E-state index contributed by atoms with van der Waals surface area (Å²) in [6.07, 6.45) is 0.679. The van der Waals surface area contributed by atoms with Gasteiger partial charge in [0, 0.05) is 44.8 Å². The van der Waals surface area contributed by atoms with Crippen molar-refractivity contribution < 1.29 is 14.3 Å². The second kappa shape index (κ2) is 10.5. The van der Waals surface area contributed by atoms with Gasteiger partial charge in [-0.3, -0.25) is 4.90 Å². The van der Waals surface area contributed by atoms with E-state index in [2.05, 4.69) is 45.1 Å². The van der Waals surface area contributed by atoms with Crippen LogP contribution in [-0.2, 0) is 24.2 Å². The molecule has 2 aliphatic heterocycles. The zero-order valence-electron chi connectivity index (χ0n) is 21.0. The van der Waals surface area contributed by atoms with Gasteiger partial charge in [0.1, 0.15) is 11.4 Å². The number of nitrogens with zero attached hydrogens (tertiary/aromatic N) is 6. The third-order valence-corrected chi connectivity index (χ3v) is 6.27. The quantitative estimate of drug-likeness (QED) is 0.646. The molecule has 1 atom stereocenters. The maximum atomic E-state index is 12.8. The smallest absolute Gasteiger partial charge is 0.410 e. The standard InChI is InChI=1S/C26H34N6O3/c1-26(2,3)35-25(33)32-15-14-31(17-20(32)10-12-27)23-21-11-13-30(16-19-8-6-5-7-9-19)18-22(21)28-24(29-23)34-4/h5-9,20H,10-11,13-18H2,1-4H3. The van der Waals surface area contributed by atoms with E-state index in [0.29, 0.717) is 25.6 Å². The van der Waals surface area contributed by atoms with E-state index >= 15 is 0 Å². The zero-order valence-corrected chi connectivity index (χ0v) is 21.0. The second-order valence-corrected chi connectivity index (χ2v) is 10.0. The highest BCUT2D eigenvalue weighted by atomic mass is 16.6. The maximum Gasteiger partial charge on any atom is 0.410 e. The second-order valence-electron chi connectivity index (χ2n) is 10.0. The molecule has 186 valence electrons. The number of fused-ring (bicyclic) bond motifs is 1. The van der Waals surface area contributed by atoms with E-state index in [9.17, 15) is 10.1 Å². The van der Waals surface area contributed by atoms with Crippen LogP contribution in [0.2, 0.25) is 0 Å². The van der Waals surface area contributed by atoms with Crippen molar-refractivity contribution in [3.63, 3.8) is 0 Å². The third-order valence-electron chi connectivity index (χ3n) is 6.27. The van der Waals surface area contributed by atoms with Crippen molar-refractivity contribution in [2.24, 2.45) is 0 Å². The number of hydrogen-bond donors (Lipinski definition) is 0. The number of carbonyl (C=O) groups is 1. The van der Waals surface area contributed by atoms with Gasteiger partial charge in [-0.15, -0.1) is 0 Å². The first-order chi connectivity index (χ1) is 16.8. The lowest BCUT2D eigenvalue weighted by Crippen LogP contribution is -2.56. The number of ether oxygens (including phenoxy) is 2. The van der Waals surface area contributed by atoms with Gasteiger partial charge in [0.2, 0.25) is 0 Å². The Bertz CT molecular complexity index is 1080. The first-order valence-electron chi connectivity index (χ1n) is 12.1. The van der Waals surface area contributed by atoms with Gasteiger partial charge >= 0.3 is 12.1 Å². The van der Waals surface area contributed by atoms with Gasteiger partial charge in [0.15, 0.2) is 0 Å². The van der Waals surface area contributed by atoms with Crippen LogP contribution in [-0.4, -0.2) is 70.8 Å². The monoisotopic (exact) mass is 478 g/mol. The molecule has 2 aromatic rings. The zero-order chi connectivity index (χ0) is 25.0. The van der Waals surface area contributed by atoms with Crippen LogP contribution < -0.4 is 9.64 Å². The molecule has 3 heterocycles. The number of rotatable bonds is 5. The molecule has 9 heteroatoms. The molecule has 0 N–H and O–H groups in total. The van der Waals surface area contributed by atoms with Crippen LogP contribution in [0.1, 0.15) is 44.0 Å². The average molecular weight is 479 g/mol. The lowest BCUT2D eigenvalue weighted by molar-refractivity contribution is 0.0144. The van der Waals surface area contributed by atoms with Crippen molar-refractivity contribution >= 4 is 11.9 Å². The number of anilines is 1. The topological polar surface area (TPSA) is 94.8 Å². The molecule has 2 aliphatic rings. The van der Waals surface area contributed by atoms with Gasteiger partial charge in [-0.2, -0.15) is 15.2 Å². The van der Waals surface area contributed by atoms with Crippen molar-refractivity contribution in [2.75, 3.05) is 38.2 Å². The van der Waals surface area contributed by atoms with Crippen LogP contribution >= 0.6 is 0 Å². The molecule has 0 radical (unpaired) electrons. The number of amides is 1. The van der Waals surface area contributed by atoms with Crippen LogP contribution in [0, 0.1) is 11.3 Å². The van der Waals surface area contributed by atoms with Crippen LogP contribution in [0.25, 0.3) is 0 Å². The van der Waals surface area contributed by atoms with Crippen molar-refractivity contribution in [3.05, 3.63) is 47.2 Å². The van der Waals surface area contributed by atoms with Gasteiger partial charge in [0.05, 0.1) is 31.3 Å². The van der Waals surface area contributed by atoms with Crippen LogP contribution in [0.15, 0.2) is 30.3 Å². The number of piperazine rings is 1. The van der Waals surface area contributed by atoms with Crippen molar-refractivity contribution in [2.45, 2.75) is 58.3 Å². The average Bonchev–Trinajstić information content (AvgIpc) is 2.83. The third kappa shape index (κ3) is 6.01. The first-order valence-corrected chi connectivity index (χ1v) is 12.1. The Balaban J connectivity index is 1.55. The highest BCUT2D eigenvalue weighted by Crippen LogP contribution is 2.31. The Labute approximate surface area is 207 Å². The van der Waals surface area contributed by atoms with Crippen LogP contribution in [0.5, 0.6) is 6.01 Å². The predicted octanol–water partition coefficient (Wildman–Crippen LogP) is 3.38. The summed E-state index contributed by atoms with van der Waals surface area (Å²) >= 11 is 0. The van der Waals surface area contributed by atoms with Crippen molar-refractivity contribution in [3.8, 4) is 12.1 Å². The number of aromatic nitrogens is 2. The van der Waals surface area contributed by atoms with Crippen LogP contribution in [0.4, 0.5) is 10.6 Å². The summed E-state index contributed by atoms with van der Waals surface area (Å²) in [5, 5.41) is 9.43. The lowest BCUT2D eigenvalue weighted by atomic mass is 10.0. The minimum Gasteiger partial charge on any atom is -0.467 e. The molecule has 0 bridgehead atoms. The number of nitriles is 1. The van der Waals surface area contributed by atoms with Gasteiger partial charge in [-0.25, -0.2) is 4.79 Å². The summed E-state index contributed by atoms with van der Waals surface area (Å²) in [5.41, 5.74) is 2.78. The Morgan fingerprint density at radius 2 is 1.94 bits per heavy atom. The molecule has 1 aromatic heterocycles. The van der Waals surface area contributed by atoms with E-state index in [0.717, 1.165) is 43.1 Å². The molecule has 9 nitrogen and oxygen atoms in total. The molecule has 0 aliphatic carbocycles. The first kappa shape index (κ1) is 24.7. The molecular formula is C26H34N6O3. The van der Waals surface area contributed by atoms with Gasteiger partial charge in [-0.05, 0) is 32.8 Å². The maximum absolute atomic E-state index is 12.8. The molecule has 1 saturated heterocycles. The number of methoxy groups -OCH3 is 1. The normalized spacial score (nSPS) is 18.5. The lowest BCUT2D eigenvalue weighted by Gasteiger charge is -2.42. The fourth-order valence-corrected chi connectivity index (χ4v) is 4.66. The van der Waals surface area contributed by atoms with Gasteiger partial charge < -0.3 is 19.3 Å². The van der Waals surface area contributed by atoms with Crippen LogP contribution in [0.3, 0.4) is 0 Å². The highest BCUT2D eigenvalue weighted by molar-refractivity contribution is 5.69. The van der Waals surface area contributed by atoms with E-state index in [1.54, 1.807) is 12.0 Å². The van der Waals surface area contributed by atoms with E-state index in [1.165, 1.54) is 5.56 Å². The minimum absolute atomic E-state index is 0.227. The number of carbonyl (C=O) groups excluding carboxylic acids is 1. The Kier molecular flexibility index (Phi) is 7.41. The molecular weight excluding hydrogens is 444 g/mol. The Morgan fingerprint density at radius 3 is 2.63 bits per heavy atom. The molecule has 4 rings (SSSR count). The molecule has 1 fully saturated rings. The predicted molar refractivity (Wildman–Crippen MR) is 132 cm³/mol. The fourth-order valence-electron chi connectivity index (χ4n) is 4.66. The summed E-state index contributed by atoms with van der Waals surface area (Å²) < 4.78 is 11.0. The van der Waals surface area contributed by atoms with Crippen molar-refractivity contribution in [1.82, 2.24) is 19.8 Å². The molecule has 0 saturated carbocycles. The largest absolute Gasteiger partial charge is 0.467 e. The Morgan fingerprint density at radius 1 is 1.17 bits per heavy atom. The summed E-state index contributed by atoms with van der Waals surface area (Å²) in [4.78, 5) is 28.4. The van der Waals surface area contributed by atoms with E-state index < -0.39 is 5.60 Å². The molecule has 1 aromatic carbocycles. The molecule has 1 amide bonds. The fraction of sp³-hybridized carbons (Fsp3) is 0.538. The summed E-state index contributed by atoms with van der Waals surface area (Å²) in [7, 11) is 1.58. The molecule has 1 unspecified atom stereocenters. The van der Waals surface area contributed by atoms with E-state index in [-0.39, 0.29) is 18.6 Å². The molecule has 35 heavy (non-hydrogen) atoms. The van der Waals surface area contributed by atoms with Gasteiger partial charge in [0.25, 0.3) is 0 Å². The SMILES string of the molecule is COc1nc2c(c(N3CCN(C(=O)OC(C)(C)C)C(CC#N)C3)n1)CCN(Cc1ccccc1)C2. The Hall–Kier alpha value is -3.38. The number of hydrogen-bond acceptors (Lipinski definition) is 8. The minimum atomic E-state index is -0.587. The summed E-state index contributed by atoms with van der Waals surface area (Å²) in [6, 6.07) is 12.7. The molecule has 0 spiro atoms. The van der Waals surface area contributed by atoms with Gasteiger partial charge in [-0.1, -0.05) is 30.3 Å². The van der Waals surface area contributed by atoms with Crippen molar-refractivity contribution in [1.29, 1.82) is 5.26 Å². The highest BCUT2D eigenvalue weighted by Gasteiger charge is 2.35. The van der Waals surface area contributed by atoms with E-state index in [1.807, 2.05) is 26.8 Å². The summed E-state index contributed by atoms with van der Waals surface area (Å²) in [5.74, 6) is 0.845. The van der Waals surface area contributed by atoms with E-state index in [4.69, 9.17) is 14.5 Å². The summed E-state index contributed by atoms with van der Waals surface area (Å²) in [6.45, 7) is 9.60. The number of benzene rings is 1.